The summed E-state index contributed by atoms with van der Waals surface area (Å²) in [5.41, 5.74) is 1.17. The monoisotopic (exact) mass is 431 g/mol. The maximum absolute atomic E-state index is 14.0. The second-order valence-electron chi connectivity index (χ2n) is 7.28. The summed E-state index contributed by atoms with van der Waals surface area (Å²) in [5, 5.41) is 0. The first kappa shape index (κ1) is 21.0. The quantitative estimate of drug-likeness (QED) is 0.403. The van der Waals surface area contributed by atoms with Crippen LogP contribution in [0.3, 0.4) is 0 Å². The Labute approximate surface area is 176 Å². The van der Waals surface area contributed by atoms with Gasteiger partial charge < -0.3 is 4.74 Å². The molecule has 4 rings (SSSR count). The zero-order valence-corrected chi connectivity index (χ0v) is 16.3. The summed E-state index contributed by atoms with van der Waals surface area (Å²) in [6.45, 7) is 0.135. The van der Waals surface area contributed by atoms with Gasteiger partial charge in [-0.2, -0.15) is 13.2 Å². The van der Waals surface area contributed by atoms with Crippen molar-refractivity contribution in [2.75, 3.05) is 0 Å². The second kappa shape index (κ2) is 8.49. The molecule has 0 aliphatic carbocycles. The van der Waals surface area contributed by atoms with Crippen molar-refractivity contribution in [1.29, 1.82) is 0 Å². The van der Waals surface area contributed by atoms with E-state index < -0.39 is 23.4 Å². The predicted octanol–water partition coefficient (Wildman–Crippen LogP) is 6.89. The molecule has 3 aromatic carbocycles. The highest BCUT2D eigenvalue weighted by Gasteiger charge is 2.30. The summed E-state index contributed by atoms with van der Waals surface area (Å²) in [5.74, 6) is -0.677. The van der Waals surface area contributed by atoms with Crippen LogP contribution in [0.15, 0.2) is 71.7 Å². The van der Waals surface area contributed by atoms with Gasteiger partial charge in [0.15, 0.2) is 0 Å². The fourth-order valence-corrected chi connectivity index (χ4v) is 3.54. The van der Waals surface area contributed by atoms with Gasteiger partial charge in [-0.05, 0) is 60.4 Å². The Morgan fingerprint density at radius 1 is 0.871 bits per heavy atom. The van der Waals surface area contributed by atoms with Crippen molar-refractivity contribution in [1.82, 2.24) is 0 Å². The van der Waals surface area contributed by atoms with Crippen LogP contribution < -0.4 is 4.74 Å². The molecule has 0 spiro atoms. The van der Waals surface area contributed by atoms with E-state index in [1.807, 2.05) is 12.1 Å². The van der Waals surface area contributed by atoms with E-state index >= 15 is 0 Å². The number of nitrogens with zero attached hydrogens (tertiary/aromatic N) is 1. The minimum Gasteiger partial charge on any atom is -0.489 e. The number of aliphatic imine (C=N–C) groups is 1. The molecule has 0 radical (unpaired) electrons. The SMILES string of the molecule is Fc1cccc(F)c1C1=NC(c2ccc(OCc3ccc(C(F)(F)F)cc3)cc2)CC1. The Morgan fingerprint density at radius 3 is 2.13 bits per heavy atom. The van der Waals surface area contributed by atoms with Crippen molar-refractivity contribution >= 4 is 5.71 Å². The standard InChI is InChI=1S/C24H18F5NO/c25-19-2-1-3-20(26)23(19)22-13-12-21(30-22)16-6-10-18(11-7-16)31-14-15-4-8-17(9-5-15)24(27,28)29/h1-11,21H,12-14H2. The summed E-state index contributed by atoms with van der Waals surface area (Å²) < 4.78 is 71.5. The van der Waals surface area contributed by atoms with Gasteiger partial charge in [0, 0.05) is 5.71 Å². The summed E-state index contributed by atoms with van der Waals surface area (Å²) in [7, 11) is 0. The molecule has 7 heteroatoms. The maximum Gasteiger partial charge on any atom is 0.416 e. The minimum atomic E-state index is -4.37. The van der Waals surface area contributed by atoms with E-state index in [1.165, 1.54) is 30.3 Å². The van der Waals surface area contributed by atoms with Crippen molar-refractivity contribution < 1.29 is 26.7 Å². The molecule has 1 unspecified atom stereocenters. The molecule has 2 nitrogen and oxygen atoms in total. The number of halogens is 5. The van der Waals surface area contributed by atoms with Gasteiger partial charge in [0.1, 0.15) is 24.0 Å². The third kappa shape index (κ3) is 4.76. The Hall–Kier alpha value is -3.22. The molecule has 1 aliphatic heterocycles. The smallest absolute Gasteiger partial charge is 0.416 e. The van der Waals surface area contributed by atoms with Crippen LogP contribution in [-0.4, -0.2) is 5.71 Å². The van der Waals surface area contributed by atoms with E-state index in [0.29, 0.717) is 29.9 Å². The molecule has 0 aromatic heterocycles. The van der Waals surface area contributed by atoms with Crippen LogP contribution in [0.25, 0.3) is 0 Å². The molecule has 1 aliphatic rings. The number of benzene rings is 3. The third-order valence-electron chi connectivity index (χ3n) is 5.17. The number of ether oxygens (including phenoxy) is 1. The van der Waals surface area contributed by atoms with Gasteiger partial charge in [0.05, 0.1) is 17.2 Å². The third-order valence-corrected chi connectivity index (χ3v) is 5.17. The summed E-state index contributed by atoms with van der Waals surface area (Å²) >= 11 is 0. The predicted molar refractivity (Wildman–Crippen MR) is 107 cm³/mol. The molecule has 0 amide bonds. The molecule has 0 fully saturated rings. The lowest BCUT2D eigenvalue weighted by molar-refractivity contribution is -0.137. The van der Waals surface area contributed by atoms with Crippen molar-refractivity contribution in [3.8, 4) is 5.75 Å². The van der Waals surface area contributed by atoms with Crippen LogP contribution in [0.4, 0.5) is 22.0 Å². The normalized spacial score (nSPS) is 16.3. The average Bonchev–Trinajstić information content (AvgIpc) is 3.22. The average molecular weight is 431 g/mol. The molecule has 1 heterocycles. The van der Waals surface area contributed by atoms with E-state index in [4.69, 9.17) is 4.74 Å². The van der Waals surface area contributed by atoms with Gasteiger partial charge in [-0.3, -0.25) is 4.99 Å². The fraction of sp³-hybridized carbons (Fsp3) is 0.208. The lowest BCUT2D eigenvalue weighted by Gasteiger charge is -2.11. The number of rotatable bonds is 5. The Bertz CT molecular complexity index is 1070. The summed E-state index contributed by atoms with van der Waals surface area (Å²) in [4.78, 5) is 4.51. The van der Waals surface area contributed by atoms with Gasteiger partial charge >= 0.3 is 6.18 Å². The highest BCUT2D eigenvalue weighted by atomic mass is 19.4. The summed E-state index contributed by atoms with van der Waals surface area (Å²) in [6.07, 6.45) is -3.24. The zero-order valence-electron chi connectivity index (χ0n) is 16.3. The van der Waals surface area contributed by atoms with Crippen LogP contribution >= 0.6 is 0 Å². The van der Waals surface area contributed by atoms with E-state index in [1.54, 1.807) is 12.1 Å². The van der Waals surface area contributed by atoms with Crippen molar-refractivity contribution in [3.63, 3.8) is 0 Å². The lowest BCUT2D eigenvalue weighted by Crippen LogP contribution is -2.05. The van der Waals surface area contributed by atoms with Gasteiger partial charge in [-0.25, -0.2) is 8.78 Å². The van der Waals surface area contributed by atoms with Gasteiger partial charge in [0.2, 0.25) is 0 Å². The first-order valence-electron chi connectivity index (χ1n) is 9.71. The van der Waals surface area contributed by atoms with E-state index in [-0.39, 0.29) is 18.2 Å². The first-order chi connectivity index (χ1) is 14.8. The molecular formula is C24H18F5NO. The van der Waals surface area contributed by atoms with E-state index in [2.05, 4.69) is 4.99 Å². The largest absolute Gasteiger partial charge is 0.489 e. The Balaban J connectivity index is 1.40. The van der Waals surface area contributed by atoms with Crippen LogP contribution in [0.1, 0.15) is 41.1 Å². The minimum absolute atomic E-state index is 0.0681. The molecule has 31 heavy (non-hydrogen) atoms. The van der Waals surface area contributed by atoms with Crippen molar-refractivity contribution in [2.24, 2.45) is 4.99 Å². The topological polar surface area (TPSA) is 21.6 Å². The van der Waals surface area contributed by atoms with Gasteiger partial charge in [-0.1, -0.05) is 30.3 Å². The highest BCUT2D eigenvalue weighted by Crippen LogP contribution is 2.33. The number of alkyl halides is 3. The second-order valence-corrected chi connectivity index (χ2v) is 7.28. The Kier molecular flexibility index (Phi) is 5.76. The molecule has 3 aromatic rings. The lowest BCUT2D eigenvalue weighted by atomic mass is 10.0. The zero-order chi connectivity index (χ0) is 22.0. The van der Waals surface area contributed by atoms with E-state index in [9.17, 15) is 22.0 Å². The highest BCUT2D eigenvalue weighted by molar-refractivity contribution is 6.02. The Morgan fingerprint density at radius 2 is 1.52 bits per heavy atom. The molecule has 1 atom stereocenters. The molecule has 0 bridgehead atoms. The van der Waals surface area contributed by atoms with Gasteiger partial charge in [-0.15, -0.1) is 0 Å². The fourth-order valence-electron chi connectivity index (χ4n) is 3.54. The molecule has 0 saturated carbocycles. The van der Waals surface area contributed by atoms with Crippen LogP contribution in [0.2, 0.25) is 0 Å². The number of hydrogen-bond acceptors (Lipinski definition) is 2. The molecular weight excluding hydrogens is 413 g/mol. The van der Waals surface area contributed by atoms with Crippen molar-refractivity contribution in [3.05, 3.63) is 101 Å². The molecule has 0 saturated heterocycles. The molecule has 0 N–H and O–H groups in total. The van der Waals surface area contributed by atoms with Gasteiger partial charge in [0.25, 0.3) is 0 Å². The van der Waals surface area contributed by atoms with Crippen LogP contribution in [0, 0.1) is 11.6 Å². The van der Waals surface area contributed by atoms with Crippen LogP contribution in [-0.2, 0) is 12.8 Å². The first-order valence-corrected chi connectivity index (χ1v) is 9.71. The summed E-state index contributed by atoms with van der Waals surface area (Å²) in [6, 6.07) is 15.5. The number of hydrogen-bond donors (Lipinski definition) is 0. The molecule has 160 valence electrons. The van der Waals surface area contributed by atoms with Crippen LogP contribution in [0.5, 0.6) is 5.75 Å². The van der Waals surface area contributed by atoms with Crippen molar-refractivity contribution in [2.45, 2.75) is 31.7 Å². The van der Waals surface area contributed by atoms with E-state index in [0.717, 1.165) is 17.7 Å². The maximum atomic E-state index is 14.0.